The van der Waals surface area contributed by atoms with Gasteiger partial charge in [-0.3, -0.25) is 4.79 Å². The van der Waals surface area contributed by atoms with E-state index < -0.39 is 0 Å². The summed E-state index contributed by atoms with van der Waals surface area (Å²) in [6.45, 7) is 0. The monoisotopic (exact) mass is 237 g/mol. The lowest BCUT2D eigenvalue weighted by atomic mass is 10.4. The first-order valence-corrected chi connectivity index (χ1v) is 4.80. The molecule has 0 fully saturated rings. The maximum absolute atomic E-state index is 11.7. The first-order chi connectivity index (χ1) is 7.66. The molecule has 0 saturated carbocycles. The molecule has 0 atom stereocenters. The number of amides is 1. The molecular weight excluding hydrogens is 230 g/mol. The van der Waals surface area contributed by atoms with E-state index in [0.29, 0.717) is 11.5 Å². The minimum Gasteiger partial charge on any atom is -0.330 e. The lowest BCUT2D eigenvalue weighted by molar-refractivity contribution is 0.101. The van der Waals surface area contributed by atoms with Gasteiger partial charge in [-0.1, -0.05) is 11.6 Å². The average Bonchev–Trinajstić information content (AvgIpc) is 2.64. The Kier molecular flexibility index (Phi) is 2.82. The van der Waals surface area contributed by atoms with Crippen molar-refractivity contribution < 1.29 is 4.79 Å². The van der Waals surface area contributed by atoms with E-state index in [2.05, 4.69) is 20.3 Å². The molecule has 0 saturated heterocycles. The Morgan fingerprint density at radius 1 is 1.50 bits per heavy atom. The van der Waals surface area contributed by atoms with Crippen molar-refractivity contribution in [2.75, 3.05) is 5.32 Å². The van der Waals surface area contributed by atoms with Crippen LogP contribution in [-0.2, 0) is 7.05 Å². The number of carbonyl (C=O) groups is 1. The number of aryl methyl sites for hydroxylation is 1. The van der Waals surface area contributed by atoms with Gasteiger partial charge in [0, 0.05) is 13.1 Å². The van der Waals surface area contributed by atoms with Crippen LogP contribution in [0.1, 0.15) is 10.5 Å². The number of halogens is 1. The fraction of sp³-hybridized carbons (Fsp3) is 0.111. The molecule has 0 aliphatic heterocycles. The largest absolute Gasteiger partial charge is 0.330 e. The zero-order valence-electron chi connectivity index (χ0n) is 8.38. The van der Waals surface area contributed by atoms with E-state index in [9.17, 15) is 4.79 Å². The maximum Gasteiger partial charge on any atom is 0.275 e. The van der Waals surface area contributed by atoms with Gasteiger partial charge < -0.3 is 9.88 Å². The van der Waals surface area contributed by atoms with Crippen LogP contribution in [0.4, 0.5) is 5.82 Å². The Balaban J connectivity index is 2.17. The number of rotatable bonds is 2. The highest BCUT2D eigenvalue weighted by atomic mass is 35.5. The predicted molar refractivity (Wildman–Crippen MR) is 58.2 cm³/mol. The van der Waals surface area contributed by atoms with Crippen molar-refractivity contribution >= 4 is 23.3 Å². The van der Waals surface area contributed by atoms with Gasteiger partial charge >= 0.3 is 0 Å². The van der Waals surface area contributed by atoms with E-state index in [0.717, 1.165) is 0 Å². The highest BCUT2D eigenvalue weighted by molar-refractivity contribution is 6.29. The first-order valence-electron chi connectivity index (χ1n) is 4.42. The summed E-state index contributed by atoms with van der Waals surface area (Å²) < 4.78 is 1.61. The summed E-state index contributed by atoms with van der Waals surface area (Å²) in [6.07, 6.45) is 4.29. The van der Waals surface area contributed by atoms with Crippen LogP contribution in [0.3, 0.4) is 0 Å². The summed E-state index contributed by atoms with van der Waals surface area (Å²) in [5.74, 6) is 0.0565. The second kappa shape index (κ2) is 4.28. The molecule has 16 heavy (non-hydrogen) atoms. The molecule has 0 unspecified atom stereocenters. The Morgan fingerprint density at radius 3 is 2.94 bits per heavy atom. The molecule has 0 spiro atoms. The van der Waals surface area contributed by atoms with Crippen molar-refractivity contribution in [1.82, 2.24) is 19.5 Å². The van der Waals surface area contributed by atoms with E-state index in [4.69, 9.17) is 11.6 Å². The first kappa shape index (κ1) is 10.6. The second-order valence-electron chi connectivity index (χ2n) is 3.07. The molecular formula is C9H8ClN5O. The van der Waals surface area contributed by atoms with Crippen LogP contribution >= 0.6 is 11.6 Å². The Hall–Kier alpha value is -1.95. The van der Waals surface area contributed by atoms with Crippen LogP contribution in [0.2, 0.25) is 5.15 Å². The minimum atomic E-state index is -0.297. The molecule has 2 aromatic heterocycles. The third-order valence-corrected chi connectivity index (χ3v) is 2.13. The maximum atomic E-state index is 11.7. The van der Waals surface area contributed by atoms with Gasteiger partial charge in [0.25, 0.3) is 5.91 Å². The standard InChI is InChI=1S/C9H8ClN5O/c1-15-5-11-3-6(15)9(16)14-8-2-7(10)12-4-13-8/h2-5H,1H3,(H,12,13,14,16). The third kappa shape index (κ3) is 2.17. The molecule has 7 heteroatoms. The second-order valence-corrected chi connectivity index (χ2v) is 3.46. The zero-order chi connectivity index (χ0) is 11.5. The smallest absolute Gasteiger partial charge is 0.275 e. The summed E-state index contributed by atoms with van der Waals surface area (Å²) >= 11 is 5.66. The summed E-state index contributed by atoms with van der Waals surface area (Å²) in [5, 5.41) is 2.86. The van der Waals surface area contributed by atoms with Crippen LogP contribution < -0.4 is 5.32 Å². The molecule has 0 aromatic carbocycles. The van der Waals surface area contributed by atoms with Crippen LogP contribution in [0, 0.1) is 0 Å². The van der Waals surface area contributed by atoms with E-state index in [1.165, 1.54) is 18.6 Å². The predicted octanol–water partition coefficient (Wildman–Crippen LogP) is 1.12. The van der Waals surface area contributed by atoms with Crippen molar-refractivity contribution in [1.29, 1.82) is 0 Å². The van der Waals surface area contributed by atoms with E-state index in [-0.39, 0.29) is 11.1 Å². The summed E-state index contributed by atoms with van der Waals surface area (Å²) in [6, 6.07) is 1.47. The number of carbonyl (C=O) groups excluding carboxylic acids is 1. The van der Waals surface area contributed by atoms with Gasteiger partial charge in [0.1, 0.15) is 23.0 Å². The van der Waals surface area contributed by atoms with Gasteiger partial charge in [0.15, 0.2) is 0 Å². The van der Waals surface area contributed by atoms with E-state index >= 15 is 0 Å². The summed E-state index contributed by atoms with van der Waals surface area (Å²) in [7, 11) is 1.73. The van der Waals surface area contributed by atoms with Gasteiger partial charge in [-0.2, -0.15) is 0 Å². The Bertz CT molecular complexity index is 524. The number of nitrogens with zero attached hydrogens (tertiary/aromatic N) is 4. The van der Waals surface area contributed by atoms with Crippen LogP contribution in [0.25, 0.3) is 0 Å². The van der Waals surface area contributed by atoms with Gasteiger partial charge in [0.05, 0.1) is 12.5 Å². The number of anilines is 1. The molecule has 1 N–H and O–H groups in total. The lowest BCUT2D eigenvalue weighted by Gasteiger charge is -2.04. The van der Waals surface area contributed by atoms with Crippen LogP contribution in [0.15, 0.2) is 24.9 Å². The Labute approximate surface area is 96.3 Å². The molecule has 82 valence electrons. The van der Waals surface area contributed by atoms with Crippen molar-refractivity contribution in [3.05, 3.63) is 35.8 Å². The molecule has 0 bridgehead atoms. The van der Waals surface area contributed by atoms with Crippen LogP contribution in [0.5, 0.6) is 0 Å². The molecule has 2 heterocycles. The molecule has 2 rings (SSSR count). The third-order valence-electron chi connectivity index (χ3n) is 1.92. The fourth-order valence-corrected chi connectivity index (χ4v) is 1.31. The summed E-state index contributed by atoms with van der Waals surface area (Å²) in [4.78, 5) is 23.2. The normalized spacial score (nSPS) is 10.1. The number of hydrogen-bond acceptors (Lipinski definition) is 4. The average molecular weight is 238 g/mol. The highest BCUT2D eigenvalue weighted by Crippen LogP contribution is 2.09. The van der Waals surface area contributed by atoms with Gasteiger partial charge in [0.2, 0.25) is 0 Å². The van der Waals surface area contributed by atoms with Crippen LogP contribution in [-0.4, -0.2) is 25.4 Å². The van der Waals surface area contributed by atoms with E-state index in [1.54, 1.807) is 17.9 Å². The highest BCUT2D eigenvalue weighted by Gasteiger charge is 2.10. The molecule has 1 amide bonds. The minimum absolute atomic E-state index is 0.273. The molecule has 0 radical (unpaired) electrons. The van der Waals surface area contributed by atoms with Crippen molar-refractivity contribution in [2.24, 2.45) is 7.05 Å². The quantitative estimate of drug-likeness (QED) is 0.795. The molecule has 6 nitrogen and oxygen atoms in total. The van der Waals surface area contributed by atoms with Gasteiger partial charge in [-0.05, 0) is 0 Å². The number of hydrogen-bond donors (Lipinski definition) is 1. The van der Waals surface area contributed by atoms with Crippen molar-refractivity contribution in [3.63, 3.8) is 0 Å². The fourth-order valence-electron chi connectivity index (χ4n) is 1.16. The number of imidazole rings is 1. The lowest BCUT2D eigenvalue weighted by Crippen LogP contribution is -2.16. The Morgan fingerprint density at radius 2 is 2.31 bits per heavy atom. The van der Waals surface area contributed by atoms with E-state index in [1.807, 2.05) is 0 Å². The molecule has 0 aliphatic carbocycles. The number of aromatic nitrogens is 4. The summed E-state index contributed by atoms with van der Waals surface area (Å²) in [5.41, 5.74) is 0.440. The molecule has 2 aromatic rings. The zero-order valence-corrected chi connectivity index (χ0v) is 9.14. The molecule has 0 aliphatic rings. The van der Waals surface area contributed by atoms with Crippen molar-refractivity contribution in [2.45, 2.75) is 0 Å². The van der Waals surface area contributed by atoms with Gasteiger partial charge in [-0.25, -0.2) is 15.0 Å². The SMILES string of the molecule is Cn1cncc1C(=O)Nc1cc(Cl)ncn1. The topological polar surface area (TPSA) is 72.7 Å². The van der Waals surface area contributed by atoms with Gasteiger partial charge in [-0.15, -0.1) is 0 Å². The number of nitrogens with one attached hydrogen (secondary N) is 1. The van der Waals surface area contributed by atoms with Crippen molar-refractivity contribution in [3.8, 4) is 0 Å².